The van der Waals surface area contributed by atoms with Crippen LogP contribution in [0.2, 0.25) is 0 Å². The van der Waals surface area contributed by atoms with Crippen molar-refractivity contribution in [2.24, 2.45) is 11.1 Å². The smallest absolute Gasteiger partial charge is 0.203 e. The van der Waals surface area contributed by atoms with Gasteiger partial charge in [-0.15, -0.1) is 0 Å². The first kappa shape index (κ1) is 24.1. The number of hydrogen-bond acceptors (Lipinski definition) is 7. The Balaban J connectivity index is 2.02. The summed E-state index contributed by atoms with van der Waals surface area (Å²) in [4.78, 5) is 15.4. The van der Waals surface area contributed by atoms with Crippen molar-refractivity contribution in [3.05, 3.63) is 70.4 Å². The largest absolute Gasteiger partial charge is 0.493 e. The van der Waals surface area contributed by atoms with E-state index in [4.69, 9.17) is 19.9 Å². The number of anilines is 1. The van der Waals surface area contributed by atoms with Crippen LogP contribution in [0.4, 0.5) is 10.1 Å². The number of carbonyl (C=O) groups is 1. The van der Waals surface area contributed by atoms with Crippen LogP contribution >= 0.6 is 0 Å². The summed E-state index contributed by atoms with van der Waals surface area (Å²) in [5, 5.41) is 10.2. The predicted octanol–water partition coefficient (Wildman–Crippen LogP) is 4.79. The molecule has 0 radical (unpaired) electrons. The topological polar surface area (TPSA) is 97.8 Å². The van der Waals surface area contributed by atoms with Crippen molar-refractivity contribution < 1.29 is 23.4 Å². The molecule has 0 fully saturated rings. The first-order chi connectivity index (χ1) is 16.6. The van der Waals surface area contributed by atoms with Gasteiger partial charge in [0.05, 0.1) is 38.9 Å². The quantitative estimate of drug-likeness (QED) is 0.661. The van der Waals surface area contributed by atoms with E-state index in [0.29, 0.717) is 52.6 Å². The molecule has 1 heterocycles. The fourth-order valence-electron chi connectivity index (χ4n) is 5.00. The van der Waals surface area contributed by atoms with Crippen LogP contribution in [-0.4, -0.2) is 27.1 Å². The Morgan fingerprint density at radius 2 is 1.66 bits per heavy atom. The summed E-state index contributed by atoms with van der Waals surface area (Å²) in [7, 11) is 4.52. The number of Topliss-reactive ketones (excluding diaryl/α,β-unsaturated/α-hetero) is 1. The van der Waals surface area contributed by atoms with Crippen LogP contribution in [0.25, 0.3) is 0 Å². The number of methoxy groups -OCH3 is 3. The second-order valence-electron chi connectivity index (χ2n) is 9.42. The lowest BCUT2D eigenvalue weighted by Gasteiger charge is -2.43. The minimum atomic E-state index is -0.719. The molecular weight excluding hydrogens is 449 g/mol. The Labute approximate surface area is 204 Å². The number of rotatable bonds is 5. The van der Waals surface area contributed by atoms with Crippen LogP contribution in [0.1, 0.15) is 38.2 Å². The highest BCUT2D eigenvalue weighted by Gasteiger charge is 2.45. The van der Waals surface area contributed by atoms with Gasteiger partial charge in [0.25, 0.3) is 0 Å². The Hall–Kier alpha value is -3.99. The third kappa shape index (κ3) is 4.08. The SMILES string of the molecule is COc1cc(C2C(C#N)=C(N)N(c3ccc(F)cc3)C3=C2C(=O)CC(C)(C)C3)cc(OC)c1OC. The van der Waals surface area contributed by atoms with Gasteiger partial charge >= 0.3 is 0 Å². The number of ketones is 1. The van der Waals surface area contributed by atoms with Gasteiger partial charge in [0.2, 0.25) is 5.75 Å². The zero-order chi connectivity index (χ0) is 25.5. The van der Waals surface area contributed by atoms with Crippen molar-refractivity contribution in [1.29, 1.82) is 5.26 Å². The van der Waals surface area contributed by atoms with Crippen molar-refractivity contribution in [1.82, 2.24) is 0 Å². The van der Waals surface area contributed by atoms with Crippen LogP contribution < -0.4 is 24.8 Å². The van der Waals surface area contributed by atoms with Gasteiger partial charge in [-0.25, -0.2) is 4.39 Å². The molecule has 0 bridgehead atoms. The first-order valence-electron chi connectivity index (χ1n) is 11.2. The molecule has 0 amide bonds. The fraction of sp³-hybridized carbons (Fsp3) is 0.333. The van der Waals surface area contributed by atoms with Gasteiger partial charge < -0.3 is 19.9 Å². The Morgan fingerprint density at radius 3 is 2.17 bits per heavy atom. The van der Waals surface area contributed by atoms with Crippen LogP contribution in [-0.2, 0) is 4.79 Å². The van der Waals surface area contributed by atoms with E-state index < -0.39 is 11.7 Å². The number of allylic oxidation sites excluding steroid dienone is 3. The van der Waals surface area contributed by atoms with E-state index in [0.717, 1.165) is 0 Å². The number of carbonyl (C=O) groups excluding carboxylic acids is 1. The second-order valence-corrected chi connectivity index (χ2v) is 9.42. The fourth-order valence-corrected chi connectivity index (χ4v) is 5.00. The van der Waals surface area contributed by atoms with E-state index in [1.54, 1.807) is 29.2 Å². The highest BCUT2D eigenvalue weighted by molar-refractivity contribution is 6.01. The van der Waals surface area contributed by atoms with E-state index in [2.05, 4.69) is 6.07 Å². The molecule has 35 heavy (non-hydrogen) atoms. The lowest BCUT2D eigenvalue weighted by atomic mass is 9.68. The summed E-state index contributed by atoms with van der Waals surface area (Å²) in [5.41, 5.74) is 8.92. The summed E-state index contributed by atoms with van der Waals surface area (Å²) in [6.07, 6.45) is 0.869. The maximum atomic E-state index is 13.7. The van der Waals surface area contributed by atoms with Crippen LogP contribution in [0.15, 0.2) is 59.1 Å². The molecule has 1 unspecified atom stereocenters. The zero-order valence-electron chi connectivity index (χ0n) is 20.4. The lowest BCUT2D eigenvalue weighted by molar-refractivity contribution is -0.118. The normalized spacial score (nSPS) is 19.3. The Morgan fingerprint density at radius 1 is 1.06 bits per heavy atom. The molecule has 4 rings (SSSR count). The Kier molecular flexibility index (Phi) is 6.20. The van der Waals surface area contributed by atoms with Crippen molar-refractivity contribution in [3.63, 3.8) is 0 Å². The van der Waals surface area contributed by atoms with Crippen LogP contribution in [0.3, 0.4) is 0 Å². The minimum Gasteiger partial charge on any atom is -0.493 e. The molecule has 1 atom stereocenters. The van der Waals surface area contributed by atoms with Gasteiger partial charge in [0.1, 0.15) is 11.6 Å². The van der Waals surface area contributed by atoms with Crippen LogP contribution in [0, 0.1) is 22.6 Å². The molecule has 2 N–H and O–H groups in total. The molecule has 2 aliphatic rings. The van der Waals surface area contributed by atoms with Crippen molar-refractivity contribution in [2.45, 2.75) is 32.6 Å². The summed E-state index contributed by atoms with van der Waals surface area (Å²) >= 11 is 0. The molecule has 0 aromatic heterocycles. The van der Waals surface area contributed by atoms with E-state index in [1.807, 2.05) is 13.8 Å². The maximum Gasteiger partial charge on any atom is 0.203 e. The molecule has 2 aromatic carbocycles. The van der Waals surface area contributed by atoms with Crippen molar-refractivity contribution in [3.8, 4) is 23.3 Å². The molecule has 1 aliphatic carbocycles. The number of ether oxygens (including phenoxy) is 3. The number of benzene rings is 2. The van der Waals surface area contributed by atoms with E-state index in [9.17, 15) is 14.4 Å². The number of nitrogens with two attached hydrogens (primary N) is 1. The third-order valence-corrected chi connectivity index (χ3v) is 6.49. The third-order valence-electron chi connectivity index (χ3n) is 6.49. The van der Waals surface area contributed by atoms with Gasteiger partial charge in [-0.3, -0.25) is 9.69 Å². The molecule has 0 spiro atoms. The zero-order valence-corrected chi connectivity index (χ0v) is 20.4. The Bertz CT molecular complexity index is 1260. The molecule has 8 heteroatoms. The maximum absolute atomic E-state index is 13.7. The highest BCUT2D eigenvalue weighted by Crippen LogP contribution is 2.52. The van der Waals surface area contributed by atoms with Crippen LogP contribution in [0.5, 0.6) is 17.2 Å². The molecule has 1 aliphatic heterocycles. The van der Waals surface area contributed by atoms with E-state index in [1.165, 1.54) is 33.5 Å². The van der Waals surface area contributed by atoms with E-state index in [-0.39, 0.29) is 22.6 Å². The van der Waals surface area contributed by atoms with E-state index >= 15 is 0 Å². The van der Waals surface area contributed by atoms with Gasteiger partial charge in [0.15, 0.2) is 17.3 Å². The molecule has 2 aromatic rings. The minimum absolute atomic E-state index is 0.0673. The summed E-state index contributed by atoms with van der Waals surface area (Å²) in [6, 6.07) is 11.5. The number of nitriles is 1. The van der Waals surface area contributed by atoms with Crippen molar-refractivity contribution >= 4 is 11.5 Å². The second kappa shape index (κ2) is 8.99. The monoisotopic (exact) mass is 477 g/mol. The van der Waals surface area contributed by atoms with Gasteiger partial charge in [-0.2, -0.15) is 5.26 Å². The first-order valence-corrected chi connectivity index (χ1v) is 11.2. The molecule has 7 nitrogen and oxygen atoms in total. The summed E-state index contributed by atoms with van der Waals surface area (Å²) in [6.45, 7) is 4.04. The lowest BCUT2D eigenvalue weighted by Crippen LogP contribution is -2.42. The molecular formula is C27H28FN3O4. The number of nitrogens with zero attached hydrogens (tertiary/aromatic N) is 2. The standard InChI is InChI=1S/C27H28FN3O4/c1-27(2)12-19-24(20(32)13-27)23(15-10-21(33-3)25(35-5)22(11-15)34-4)18(14-29)26(30)31(19)17-8-6-16(28)7-9-17/h6-11,23H,12-13,30H2,1-5H3. The molecule has 0 saturated heterocycles. The summed E-state index contributed by atoms with van der Waals surface area (Å²) in [5.74, 6) is 0.240. The van der Waals surface area contributed by atoms with Gasteiger partial charge in [-0.05, 0) is 53.8 Å². The highest BCUT2D eigenvalue weighted by atomic mass is 19.1. The average molecular weight is 478 g/mol. The van der Waals surface area contributed by atoms with Gasteiger partial charge in [-0.1, -0.05) is 13.8 Å². The molecule has 0 saturated carbocycles. The number of hydrogen-bond donors (Lipinski definition) is 1. The summed E-state index contributed by atoms with van der Waals surface area (Å²) < 4.78 is 30.2. The van der Waals surface area contributed by atoms with Gasteiger partial charge in [0, 0.05) is 23.4 Å². The predicted molar refractivity (Wildman–Crippen MR) is 130 cm³/mol. The molecule has 182 valence electrons. The average Bonchev–Trinajstić information content (AvgIpc) is 2.82. The number of halogens is 1. The van der Waals surface area contributed by atoms with Crippen molar-refractivity contribution in [2.75, 3.05) is 26.2 Å².